The Hall–Kier alpha value is -2.57. The molecule has 1 aromatic carbocycles. The number of hydrogen-bond acceptors (Lipinski definition) is 4. The molecule has 0 heterocycles. The van der Waals surface area contributed by atoms with E-state index in [0.717, 1.165) is 16.7 Å². The molecule has 0 aliphatic rings. The number of ether oxygens (including phenoxy) is 1. The molecule has 7 heteroatoms. The van der Waals surface area contributed by atoms with E-state index in [2.05, 4.69) is 10.6 Å². The fourth-order valence-electron chi connectivity index (χ4n) is 3.84. The average Bonchev–Trinajstić information content (AvgIpc) is 2.65. The van der Waals surface area contributed by atoms with Crippen molar-refractivity contribution in [3.05, 3.63) is 34.9 Å². The van der Waals surface area contributed by atoms with Crippen LogP contribution in [-0.2, 0) is 14.3 Å². The Morgan fingerprint density at radius 3 is 1.91 bits per heavy atom. The van der Waals surface area contributed by atoms with Gasteiger partial charge in [0.25, 0.3) is 0 Å². The minimum atomic E-state index is -0.831. The predicted molar refractivity (Wildman–Crippen MR) is 137 cm³/mol. The summed E-state index contributed by atoms with van der Waals surface area (Å²) < 4.78 is 5.42. The zero-order valence-corrected chi connectivity index (χ0v) is 23.0. The maximum absolute atomic E-state index is 13.9. The molecule has 3 unspecified atom stereocenters. The van der Waals surface area contributed by atoms with Gasteiger partial charge in [-0.25, -0.2) is 4.79 Å². The van der Waals surface area contributed by atoms with Crippen LogP contribution in [0.5, 0.6) is 0 Å². The third-order valence-electron chi connectivity index (χ3n) is 5.39. The number of hydrogen-bond donors (Lipinski definition) is 2. The van der Waals surface area contributed by atoms with Crippen LogP contribution in [0.2, 0.25) is 0 Å². The standard InChI is InChI=1S/C27H45N3O4/c1-12-19(5)21(28-25(33)34-27(9,10)11)24(32)30(13-2)22(23(31)29-26(6,7)8)20-15-17(3)14-18(4)16-20/h14-16,19,21-22H,12-13H2,1-11H3,(H,28,33)(H,29,31). The van der Waals surface area contributed by atoms with Gasteiger partial charge in [-0.15, -0.1) is 0 Å². The molecule has 0 aliphatic carbocycles. The van der Waals surface area contributed by atoms with Crippen molar-refractivity contribution in [1.29, 1.82) is 0 Å². The Balaban J connectivity index is 3.49. The molecule has 0 saturated heterocycles. The second-order valence-electron chi connectivity index (χ2n) is 11.2. The Bertz CT molecular complexity index is 847. The first kappa shape index (κ1) is 29.5. The Morgan fingerprint density at radius 2 is 1.50 bits per heavy atom. The molecule has 1 rings (SSSR count). The largest absolute Gasteiger partial charge is 0.444 e. The summed E-state index contributed by atoms with van der Waals surface area (Å²) in [6.07, 6.45) is 0.0240. The number of likely N-dealkylation sites (N-methyl/N-ethyl adjacent to an activating group) is 1. The van der Waals surface area contributed by atoms with Crippen molar-refractivity contribution in [1.82, 2.24) is 15.5 Å². The molecule has 0 aromatic heterocycles. The molecular formula is C27H45N3O4. The maximum atomic E-state index is 13.9. The first-order valence-corrected chi connectivity index (χ1v) is 12.2. The number of rotatable bonds is 8. The van der Waals surface area contributed by atoms with Crippen molar-refractivity contribution < 1.29 is 19.1 Å². The monoisotopic (exact) mass is 475 g/mol. The summed E-state index contributed by atoms with van der Waals surface area (Å²) in [7, 11) is 0. The summed E-state index contributed by atoms with van der Waals surface area (Å²) >= 11 is 0. The molecule has 3 amide bonds. The molecule has 1 aromatic rings. The van der Waals surface area contributed by atoms with Crippen molar-refractivity contribution >= 4 is 17.9 Å². The van der Waals surface area contributed by atoms with Gasteiger partial charge in [0, 0.05) is 12.1 Å². The van der Waals surface area contributed by atoms with Crippen molar-refractivity contribution in [2.24, 2.45) is 5.92 Å². The number of nitrogens with one attached hydrogen (secondary N) is 2. The third kappa shape index (κ3) is 8.99. The minimum absolute atomic E-state index is 0.153. The number of aryl methyl sites for hydroxylation is 2. The molecule has 0 saturated carbocycles. The second-order valence-corrected chi connectivity index (χ2v) is 11.2. The molecule has 0 radical (unpaired) electrons. The smallest absolute Gasteiger partial charge is 0.408 e. The lowest BCUT2D eigenvalue weighted by atomic mass is 9.94. The molecule has 34 heavy (non-hydrogen) atoms. The van der Waals surface area contributed by atoms with Gasteiger partial charge in [0.05, 0.1) is 0 Å². The summed E-state index contributed by atoms with van der Waals surface area (Å²) in [5.41, 5.74) is 1.61. The quantitative estimate of drug-likeness (QED) is 0.551. The molecule has 192 valence electrons. The number of amides is 3. The summed E-state index contributed by atoms with van der Waals surface area (Å²) in [4.78, 5) is 41.6. The molecule has 7 nitrogen and oxygen atoms in total. The lowest BCUT2D eigenvalue weighted by molar-refractivity contribution is -0.143. The van der Waals surface area contributed by atoms with Crippen molar-refractivity contribution in [3.63, 3.8) is 0 Å². The number of alkyl carbamates (subject to hydrolysis) is 1. The van der Waals surface area contributed by atoms with E-state index in [1.54, 1.807) is 25.7 Å². The third-order valence-corrected chi connectivity index (χ3v) is 5.39. The summed E-state index contributed by atoms with van der Waals surface area (Å²) in [5.74, 6) is -0.719. The number of benzene rings is 1. The number of nitrogens with zero attached hydrogens (tertiary/aromatic N) is 1. The van der Waals surface area contributed by atoms with Gasteiger partial charge in [-0.05, 0) is 73.8 Å². The topological polar surface area (TPSA) is 87.7 Å². The van der Waals surface area contributed by atoms with Crippen LogP contribution >= 0.6 is 0 Å². The fraction of sp³-hybridized carbons (Fsp3) is 0.667. The Labute approximate surface area is 206 Å². The van der Waals surface area contributed by atoms with Crippen LogP contribution in [-0.4, -0.2) is 46.5 Å². The van der Waals surface area contributed by atoms with E-state index < -0.39 is 29.3 Å². The average molecular weight is 476 g/mol. The van der Waals surface area contributed by atoms with Crippen molar-refractivity contribution in [3.8, 4) is 0 Å². The molecule has 0 fully saturated rings. The van der Waals surface area contributed by atoms with Gasteiger partial charge in [0.15, 0.2) is 0 Å². The minimum Gasteiger partial charge on any atom is -0.444 e. The van der Waals surface area contributed by atoms with Crippen LogP contribution in [0.3, 0.4) is 0 Å². The lowest BCUT2D eigenvalue weighted by Crippen LogP contribution is -2.56. The van der Waals surface area contributed by atoms with Gasteiger partial charge in [0.2, 0.25) is 11.8 Å². The molecular weight excluding hydrogens is 430 g/mol. The fourth-order valence-corrected chi connectivity index (χ4v) is 3.84. The zero-order valence-electron chi connectivity index (χ0n) is 23.0. The van der Waals surface area contributed by atoms with Crippen LogP contribution in [0.1, 0.15) is 91.5 Å². The Morgan fingerprint density at radius 1 is 0.971 bits per heavy atom. The highest BCUT2D eigenvalue weighted by molar-refractivity contribution is 5.92. The van der Waals surface area contributed by atoms with Gasteiger partial charge >= 0.3 is 6.09 Å². The summed E-state index contributed by atoms with van der Waals surface area (Å²) in [5, 5.41) is 5.81. The van der Waals surface area contributed by atoms with E-state index in [0.29, 0.717) is 13.0 Å². The molecule has 2 N–H and O–H groups in total. The second kappa shape index (κ2) is 11.7. The number of carbonyl (C=O) groups excluding carboxylic acids is 3. The Kier molecular flexibility index (Phi) is 10.2. The van der Waals surface area contributed by atoms with Crippen molar-refractivity contribution in [2.75, 3.05) is 6.54 Å². The van der Waals surface area contributed by atoms with E-state index >= 15 is 0 Å². The highest BCUT2D eigenvalue weighted by atomic mass is 16.6. The van der Waals surface area contributed by atoms with Crippen LogP contribution < -0.4 is 10.6 Å². The predicted octanol–water partition coefficient (Wildman–Crippen LogP) is 5.05. The van der Waals surface area contributed by atoms with Gasteiger partial charge in [0.1, 0.15) is 17.7 Å². The normalized spacial score (nSPS) is 14.6. The summed E-state index contributed by atoms with van der Waals surface area (Å²) in [6.45, 7) is 21.0. The van der Waals surface area contributed by atoms with Gasteiger partial charge in [-0.1, -0.05) is 49.6 Å². The highest BCUT2D eigenvalue weighted by Crippen LogP contribution is 2.27. The zero-order chi connectivity index (χ0) is 26.4. The molecule has 0 spiro atoms. The van der Waals surface area contributed by atoms with E-state index in [-0.39, 0.29) is 17.7 Å². The molecule has 0 aliphatic heterocycles. The number of carbonyl (C=O) groups is 3. The van der Waals surface area contributed by atoms with Gasteiger partial charge < -0.3 is 20.3 Å². The van der Waals surface area contributed by atoms with Crippen LogP contribution in [0, 0.1) is 19.8 Å². The van der Waals surface area contributed by atoms with E-state index in [4.69, 9.17) is 4.74 Å². The molecule has 0 bridgehead atoms. The van der Waals surface area contributed by atoms with E-state index in [1.165, 1.54) is 0 Å². The highest BCUT2D eigenvalue weighted by Gasteiger charge is 2.38. The van der Waals surface area contributed by atoms with Crippen LogP contribution in [0.4, 0.5) is 4.79 Å². The lowest BCUT2D eigenvalue weighted by Gasteiger charge is -2.36. The van der Waals surface area contributed by atoms with Gasteiger partial charge in [-0.3, -0.25) is 9.59 Å². The first-order valence-electron chi connectivity index (χ1n) is 12.2. The van der Waals surface area contributed by atoms with Crippen LogP contribution in [0.15, 0.2) is 18.2 Å². The molecule has 3 atom stereocenters. The maximum Gasteiger partial charge on any atom is 0.408 e. The van der Waals surface area contributed by atoms with E-state index in [1.807, 2.05) is 73.6 Å². The van der Waals surface area contributed by atoms with E-state index in [9.17, 15) is 14.4 Å². The van der Waals surface area contributed by atoms with Crippen molar-refractivity contribution in [2.45, 2.75) is 106 Å². The van der Waals surface area contributed by atoms with Crippen LogP contribution in [0.25, 0.3) is 0 Å². The SMILES string of the molecule is CCC(C)C(NC(=O)OC(C)(C)C)C(=O)N(CC)C(C(=O)NC(C)(C)C)c1cc(C)cc(C)c1. The van der Waals surface area contributed by atoms with Gasteiger partial charge in [-0.2, -0.15) is 0 Å². The summed E-state index contributed by atoms with van der Waals surface area (Å²) in [6, 6.07) is 4.26. The first-order chi connectivity index (χ1) is 15.5.